The molecular weight excluding hydrogens is 480 g/mol. The van der Waals surface area contributed by atoms with Gasteiger partial charge in [0.2, 0.25) is 5.56 Å². The highest BCUT2D eigenvalue weighted by atomic mass is 16.4. The molecule has 3 atom stereocenters. The Morgan fingerprint density at radius 1 is 1.16 bits per heavy atom. The number of hydrogen-bond donors (Lipinski definition) is 6. The Bertz CT molecular complexity index is 1070. The molecule has 0 amide bonds. The van der Waals surface area contributed by atoms with Crippen LogP contribution in [0.15, 0.2) is 58.1 Å². The summed E-state index contributed by atoms with van der Waals surface area (Å²) in [6, 6.07) is 6.96. The molecule has 1 aliphatic heterocycles. The number of guanidine groups is 1. The number of aromatic nitrogens is 2. The van der Waals surface area contributed by atoms with Crippen molar-refractivity contribution < 1.29 is 9.90 Å². The molecule has 0 radical (unpaired) electrons. The number of carboxylic acids is 1. The van der Waals surface area contributed by atoms with Crippen LogP contribution in [0.5, 0.6) is 0 Å². The van der Waals surface area contributed by atoms with Crippen LogP contribution < -0.4 is 21.9 Å². The van der Waals surface area contributed by atoms with Gasteiger partial charge in [-0.1, -0.05) is 57.9 Å². The summed E-state index contributed by atoms with van der Waals surface area (Å²) in [6.07, 6.45) is 16.8. The van der Waals surface area contributed by atoms with Crippen LogP contribution in [0.25, 0.3) is 0 Å². The zero-order chi connectivity index (χ0) is 27.2. The first-order valence-electron chi connectivity index (χ1n) is 14.0. The second kappa shape index (κ2) is 15.7. The summed E-state index contributed by atoms with van der Waals surface area (Å²) < 4.78 is 0. The van der Waals surface area contributed by atoms with Gasteiger partial charge in [0.25, 0.3) is 0 Å². The Kier molecular flexibility index (Phi) is 12.0. The van der Waals surface area contributed by atoms with Crippen LogP contribution in [-0.2, 0) is 11.2 Å². The van der Waals surface area contributed by atoms with Crippen molar-refractivity contribution in [2.75, 3.05) is 11.9 Å². The van der Waals surface area contributed by atoms with Gasteiger partial charge in [-0.2, -0.15) is 0 Å². The maximum Gasteiger partial charge on any atom is 0.328 e. The molecule has 7 N–H and O–H groups in total. The summed E-state index contributed by atoms with van der Waals surface area (Å²) in [5.41, 5.74) is 7.75. The van der Waals surface area contributed by atoms with E-state index in [1.165, 1.54) is 44.6 Å². The van der Waals surface area contributed by atoms with Crippen LogP contribution in [-0.4, -0.2) is 45.6 Å². The van der Waals surface area contributed by atoms with Crippen molar-refractivity contribution in [1.82, 2.24) is 15.3 Å². The topological polar surface area (TPSA) is 148 Å². The lowest BCUT2D eigenvalue weighted by molar-refractivity contribution is -0.131. The van der Waals surface area contributed by atoms with E-state index >= 15 is 0 Å². The number of carboxylic acid groups (broad SMARTS) is 1. The van der Waals surface area contributed by atoms with Crippen molar-refractivity contribution in [1.29, 1.82) is 0 Å². The van der Waals surface area contributed by atoms with Gasteiger partial charge >= 0.3 is 5.97 Å². The van der Waals surface area contributed by atoms with Crippen LogP contribution in [0.4, 0.5) is 5.82 Å². The van der Waals surface area contributed by atoms with Crippen LogP contribution in [0, 0.1) is 5.92 Å². The van der Waals surface area contributed by atoms with E-state index in [0.717, 1.165) is 42.6 Å². The van der Waals surface area contributed by atoms with Crippen molar-refractivity contribution in [2.24, 2.45) is 16.6 Å². The molecule has 0 aromatic carbocycles. The van der Waals surface area contributed by atoms with Crippen LogP contribution in [0.3, 0.4) is 0 Å². The number of aliphatic imine (C=N–C) groups is 1. The number of rotatable bonds is 17. The zero-order valence-corrected chi connectivity index (χ0v) is 22.5. The minimum absolute atomic E-state index is 0.0947. The summed E-state index contributed by atoms with van der Waals surface area (Å²) in [5, 5.41) is 16.4. The molecule has 208 valence electrons. The third kappa shape index (κ3) is 10.1. The largest absolute Gasteiger partial charge is 0.478 e. The lowest BCUT2D eigenvalue weighted by Gasteiger charge is -2.32. The predicted octanol–water partition coefficient (Wildman–Crippen LogP) is 4.56. The lowest BCUT2D eigenvalue weighted by Crippen LogP contribution is -2.48. The van der Waals surface area contributed by atoms with E-state index in [1.807, 2.05) is 30.6 Å². The predicted molar refractivity (Wildman–Crippen MR) is 153 cm³/mol. The summed E-state index contributed by atoms with van der Waals surface area (Å²) in [7, 11) is 0. The maximum absolute atomic E-state index is 11.9. The van der Waals surface area contributed by atoms with Gasteiger partial charge in [0.15, 0.2) is 5.96 Å². The van der Waals surface area contributed by atoms with Crippen molar-refractivity contribution >= 4 is 17.7 Å². The molecule has 9 heteroatoms. The van der Waals surface area contributed by atoms with Crippen LogP contribution >= 0.6 is 0 Å². The second-order valence-electron chi connectivity index (χ2n) is 10.3. The van der Waals surface area contributed by atoms with Gasteiger partial charge in [-0.15, -0.1) is 0 Å². The molecule has 3 rings (SSSR count). The number of nitrogens with two attached hydrogens (primary N) is 1. The molecule has 0 saturated carbocycles. The average molecular weight is 525 g/mol. The molecule has 38 heavy (non-hydrogen) atoms. The van der Waals surface area contributed by atoms with Crippen LogP contribution in [0.1, 0.15) is 76.7 Å². The molecule has 1 aliphatic rings. The fourth-order valence-electron chi connectivity index (χ4n) is 5.24. The Hall–Kier alpha value is -3.49. The number of pyridine rings is 1. The van der Waals surface area contributed by atoms with E-state index in [1.54, 1.807) is 6.07 Å². The number of aliphatic carboxylic acids is 1. The minimum atomic E-state index is -0.974. The third-order valence-electron chi connectivity index (χ3n) is 7.25. The number of H-pyrrole nitrogens is 2. The molecule has 0 bridgehead atoms. The highest BCUT2D eigenvalue weighted by Crippen LogP contribution is 2.27. The van der Waals surface area contributed by atoms with Gasteiger partial charge in [0, 0.05) is 31.1 Å². The van der Waals surface area contributed by atoms with Crippen molar-refractivity contribution in [3.05, 3.63) is 64.2 Å². The lowest BCUT2D eigenvalue weighted by atomic mass is 9.85. The van der Waals surface area contributed by atoms with Gasteiger partial charge in [0.05, 0.1) is 12.1 Å². The monoisotopic (exact) mass is 524 g/mol. The van der Waals surface area contributed by atoms with E-state index in [9.17, 15) is 14.7 Å². The summed E-state index contributed by atoms with van der Waals surface area (Å²) in [5.74, 6) is 0.627. The van der Waals surface area contributed by atoms with E-state index in [-0.39, 0.29) is 17.6 Å². The normalized spacial score (nSPS) is 17.3. The zero-order valence-electron chi connectivity index (χ0n) is 22.5. The molecule has 0 spiro atoms. The Balaban J connectivity index is 1.75. The number of nitrogens with zero attached hydrogens (tertiary/aromatic N) is 1. The van der Waals surface area contributed by atoms with E-state index in [0.29, 0.717) is 24.8 Å². The van der Waals surface area contributed by atoms with Crippen molar-refractivity contribution in [3.8, 4) is 0 Å². The van der Waals surface area contributed by atoms with Gasteiger partial charge in [-0.05, 0) is 54.9 Å². The van der Waals surface area contributed by atoms with Crippen molar-refractivity contribution in [2.45, 2.75) is 89.6 Å². The third-order valence-corrected chi connectivity index (χ3v) is 7.25. The Labute approximate surface area is 225 Å². The molecule has 0 saturated heterocycles. The number of carbonyl (C=O) groups is 1. The number of hydrogen-bond acceptors (Lipinski definition) is 6. The highest BCUT2D eigenvalue weighted by Gasteiger charge is 2.27. The van der Waals surface area contributed by atoms with E-state index < -0.39 is 5.97 Å². The van der Waals surface area contributed by atoms with Gasteiger partial charge in [0.1, 0.15) is 5.82 Å². The average Bonchev–Trinajstić information content (AvgIpc) is 3.41. The van der Waals surface area contributed by atoms with Gasteiger partial charge in [-0.25, -0.2) is 4.79 Å². The number of unbranched alkanes of at least 4 members (excludes halogenated alkanes) is 5. The van der Waals surface area contributed by atoms with Gasteiger partial charge in [-0.3, -0.25) is 9.79 Å². The van der Waals surface area contributed by atoms with Crippen LogP contribution in [0.2, 0.25) is 0 Å². The van der Waals surface area contributed by atoms with Gasteiger partial charge < -0.3 is 31.4 Å². The smallest absolute Gasteiger partial charge is 0.328 e. The Morgan fingerprint density at radius 2 is 1.97 bits per heavy atom. The number of anilines is 1. The first-order chi connectivity index (χ1) is 18.4. The highest BCUT2D eigenvalue weighted by molar-refractivity contribution is 5.83. The standard InChI is InChI=1S/C29H44N6O3/c1-2-3-4-5-6-7-9-21(18-22-12-14-27(36)33-20-22)11-13-24(34-26-10-8-16-31-26)23(19-28(37)38)25-15-17-32-29(30)35-25/h8,10,12,14,16,19-21,24-25,31,34H,2-7,9,11,13,15,17-18H2,1H3,(H,33,36)(H,37,38)(H3,30,32,35)/b23-19-/t21-,24-,25+/m1/s1. The molecule has 0 unspecified atom stereocenters. The molecule has 2 aromatic heterocycles. The number of aromatic amines is 2. The summed E-state index contributed by atoms with van der Waals surface area (Å²) >= 11 is 0. The quantitative estimate of drug-likeness (QED) is 0.132. The molecule has 2 aromatic rings. The molecule has 0 aliphatic carbocycles. The number of nitrogens with one attached hydrogen (secondary N) is 4. The first kappa shape index (κ1) is 29.1. The van der Waals surface area contributed by atoms with E-state index in [4.69, 9.17) is 5.73 Å². The Morgan fingerprint density at radius 3 is 2.66 bits per heavy atom. The fourth-order valence-corrected chi connectivity index (χ4v) is 5.24. The minimum Gasteiger partial charge on any atom is -0.478 e. The molecular formula is C29H44N6O3. The molecule has 3 heterocycles. The molecule has 9 nitrogen and oxygen atoms in total. The second-order valence-corrected chi connectivity index (χ2v) is 10.3. The maximum atomic E-state index is 11.9. The SMILES string of the molecule is CCCCCCCC[C@H](CC[C@@H](Nc1ccc[nH]1)/C(=C/C(=O)O)[C@@H]1CCN=C(N)N1)Cc1ccc(=O)[nH]c1. The molecule has 0 fully saturated rings. The van der Waals surface area contributed by atoms with E-state index in [2.05, 4.69) is 32.5 Å². The van der Waals surface area contributed by atoms with Crippen molar-refractivity contribution in [3.63, 3.8) is 0 Å². The fraction of sp³-hybridized carbons (Fsp3) is 0.552. The summed E-state index contributed by atoms with van der Waals surface area (Å²) in [4.78, 5) is 33.6. The first-order valence-corrected chi connectivity index (χ1v) is 14.0. The summed E-state index contributed by atoms with van der Waals surface area (Å²) in [6.45, 7) is 2.79.